The van der Waals surface area contributed by atoms with E-state index in [9.17, 15) is 4.79 Å². The summed E-state index contributed by atoms with van der Waals surface area (Å²) in [6.07, 6.45) is 4.63. The van der Waals surface area contributed by atoms with Crippen LogP contribution in [0, 0.1) is 5.92 Å². The Morgan fingerprint density at radius 3 is 3.28 bits per heavy atom. The summed E-state index contributed by atoms with van der Waals surface area (Å²) in [6, 6.07) is 3.92. The number of nitrogens with zero attached hydrogens (tertiary/aromatic N) is 3. The van der Waals surface area contributed by atoms with Crippen molar-refractivity contribution in [3.63, 3.8) is 0 Å². The molecule has 1 saturated heterocycles. The molecule has 2 unspecified atom stereocenters. The number of rotatable bonds is 2. The Labute approximate surface area is 104 Å². The van der Waals surface area contributed by atoms with Gasteiger partial charge in [0.05, 0.1) is 5.92 Å². The van der Waals surface area contributed by atoms with Crippen molar-refractivity contribution in [2.24, 2.45) is 5.92 Å². The quantitative estimate of drug-likeness (QED) is 0.821. The fourth-order valence-corrected chi connectivity index (χ4v) is 2.52. The second-order valence-corrected chi connectivity index (χ2v) is 4.56. The molecule has 2 atom stereocenters. The van der Waals surface area contributed by atoms with Crippen LogP contribution in [0.4, 0.5) is 0 Å². The van der Waals surface area contributed by atoms with Crippen LogP contribution < -0.4 is 5.32 Å². The molecule has 1 aliphatic rings. The first kappa shape index (κ1) is 11.2. The minimum atomic E-state index is -0.713. The van der Waals surface area contributed by atoms with E-state index in [4.69, 9.17) is 5.11 Å². The number of piperidine rings is 1. The first-order valence-corrected chi connectivity index (χ1v) is 6.00. The molecule has 6 heteroatoms. The number of hydrogen-bond acceptors (Lipinski definition) is 4. The molecule has 3 heterocycles. The van der Waals surface area contributed by atoms with Gasteiger partial charge < -0.3 is 10.4 Å². The molecule has 3 rings (SSSR count). The Bertz CT molecular complexity index is 580. The van der Waals surface area contributed by atoms with Crippen molar-refractivity contribution in [2.45, 2.75) is 18.9 Å². The lowest BCUT2D eigenvalue weighted by Crippen LogP contribution is -2.35. The zero-order valence-electron chi connectivity index (χ0n) is 9.78. The largest absolute Gasteiger partial charge is 0.481 e. The highest BCUT2D eigenvalue weighted by molar-refractivity contribution is 5.70. The maximum absolute atomic E-state index is 11.1. The maximum atomic E-state index is 11.1. The lowest BCUT2D eigenvalue weighted by Gasteiger charge is -2.28. The monoisotopic (exact) mass is 246 g/mol. The van der Waals surface area contributed by atoms with E-state index in [1.807, 2.05) is 18.3 Å². The standard InChI is InChI=1S/C12H14N4O2/c17-12(18)8-3-4-13-10(6-8)9-2-1-5-16-11(9)14-7-15-16/h1-2,5,7-8,10,13H,3-4,6H2,(H,17,18). The predicted molar refractivity (Wildman–Crippen MR) is 64.1 cm³/mol. The van der Waals surface area contributed by atoms with Gasteiger partial charge in [-0.05, 0) is 25.5 Å². The predicted octanol–water partition coefficient (Wildman–Crippen LogP) is 0.855. The summed E-state index contributed by atoms with van der Waals surface area (Å²) in [7, 11) is 0. The number of carbonyl (C=O) groups is 1. The summed E-state index contributed by atoms with van der Waals surface area (Å²) in [4.78, 5) is 15.3. The number of nitrogens with one attached hydrogen (secondary N) is 1. The second-order valence-electron chi connectivity index (χ2n) is 4.56. The van der Waals surface area contributed by atoms with Gasteiger partial charge >= 0.3 is 5.97 Å². The molecule has 0 radical (unpaired) electrons. The van der Waals surface area contributed by atoms with Crippen LogP contribution in [0.2, 0.25) is 0 Å². The van der Waals surface area contributed by atoms with E-state index in [0.29, 0.717) is 12.8 Å². The Hall–Kier alpha value is -1.95. The summed E-state index contributed by atoms with van der Waals surface area (Å²) < 4.78 is 1.71. The fraction of sp³-hybridized carbons (Fsp3) is 0.417. The second kappa shape index (κ2) is 4.38. The Kier molecular flexibility index (Phi) is 2.71. The van der Waals surface area contributed by atoms with Gasteiger partial charge in [-0.3, -0.25) is 4.79 Å². The number of hydrogen-bond donors (Lipinski definition) is 2. The normalized spacial score (nSPS) is 24.2. The minimum Gasteiger partial charge on any atom is -0.481 e. The van der Waals surface area contributed by atoms with Gasteiger partial charge in [0.2, 0.25) is 0 Å². The third kappa shape index (κ3) is 1.84. The van der Waals surface area contributed by atoms with Crippen molar-refractivity contribution >= 4 is 11.6 Å². The summed E-state index contributed by atoms with van der Waals surface area (Å²) in [5.41, 5.74) is 1.81. The van der Waals surface area contributed by atoms with Crippen LogP contribution in [0.25, 0.3) is 5.65 Å². The highest BCUT2D eigenvalue weighted by Crippen LogP contribution is 2.29. The van der Waals surface area contributed by atoms with E-state index in [2.05, 4.69) is 15.4 Å². The molecule has 1 aliphatic heterocycles. The van der Waals surface area contributed by atoms with Crippen molar-refractivity contribution in [1.82, 2.24) is 19.9 Å². The van der Waals surface area contributed by atoms with E-state index >= 15 is 0 Å². The van der Waals surface area contributed by atoms with Gasteiger partial charge in [0, 0.05) is 17.8 Å². The topological polar surface area (TPSA) is 79.5 Å². The highest BCUT2D eigenvalue weighted by atomic mass is 16.4. The molecule has 0 aliphatic carbocycles. The molecule has 2 aromatic heterocycles. The Morgan fingerprint density at radius 2 is 2.44 bits per heavy atom. The number of carboxylic acid groups (broad SMARTS) is 1. The number of fused-ring (bicyclic) bond motifs is 1. The van der Waals surface area contributed by atoms with E-state index in [-0.39, 0.29) is 12.0 Å². The lowest BCUT2D eigenvalue weighted by atomic mass is 9.89. The number of aliphatic carboxylic acids is 1. The van der Waals surface area contributed by atoms with Crippen LogP contribution >= 0.6 is 0 Å². The number of pyridine rings is 1. The van der Waals surface area contributed by atoms with Crippen molar-refractivity contribution < 1.29 is 9.90 Å². The molecule has 0 bridgehead atoms. The zero-order valence-corrected chi connectivity index (χ0v) is 9.78. The third-order valence-electron chi connectivity index (χ3n) is 3.46. The van der Waals surface area contributed by atoms with Crippen LogP contribution in [0.1, 0.15) is 24.4 Å². The van der Waals surface area contributed by atoms with Gasteiger partial charge in [-0.15, -0.1) is 0 Å². The van der Waals surface area contributed by atoms with Crippen molar-refractivity contribution in [1.29, 1.82) is 0 Å². The first-order valence-electron chi connectivity index (χ1n) is 6.00. The van der Waals surface area contributed by atoms with Gasteiger partial charge in [0.1, 0.15) is 6.33 Å². The van der Waals surface area contributed by atoms with Gasteiger partial charge in [0.15, 0.2) is 5.65 Å². The van der Waals surface area contributed by atoms with E-state index in [1.54, 1.807) is 4.52 Å². The van der Waals surface area contributed by atoms with Crippen LogP contribution in [0.5, 0.6) is 0 Å². The molecule has 0 amide bonds. The Balaban J connectivity index is 1.94. The van der Waals surface area contributed by atoms with Crippen LogP contribution in [-0.2, 0) is 4.79 Å². The average molecular weight is 246 g/mol. The van der Waals surface area contributed by atoms with Crippen molar-refractivity contribution in [3.8, 4) is 0 Å². The van der Waals surface area contributed by atoms with Crippen LogP contribution in [-0.4, -0.2) is 32.2 Å². The number of carboxylic acids is 1. The molecule has 2 aromatic rings. The van der Waals surface area contributed by atoms with E-state index < -0.39 is 5.97 Å². The fourth-order valence-electron chi connectivity index (χ4n) is 2.52. The molecule has 0 saturated carbocycles. The Morgan fingerprint density at radius 1 is 1.56 bits per heavy atom. The molecule has 1 fully saturated rings. The van der Waals surface area contributed by atoms with E-state index in [0.717, 1.165) is 17.8 Å². The molecular formula is C12H14N4O2. The van der Waals surface area contributed by atoms with Gasteiger partial charge in [0.25, 0.3) is 0 Å². The average Bonchev–Trinajstić information content (AvgIpc) is 2.87. The lowest BCUT2D eigenvalue weighted by molar-refractivity contribution is -0.143. The maximum Gasteiger partial charge on any atom is 0.306 e. The summed E-state index contributed by atoms with van der Waals surface area (Å²) in [6.45, 7) is 0.719. The van der Waals surface area contributed by atoms with Crippen molar-refractivity contribution in [2.75, 3.05) is 6.54 Å². The molecule has 6 nitrogen and oxygen atoms in total. The minimum absolute atomic E-state index is 0.0350. The van der Waals surface area contributed by atoms with Gasteiger partial charge in [-0.25, -0.2) is 9.50 Å². The zero-order chi connectivity index (χ0) is 12.5. The highest BCUT2D eigenvalue weighted by Gasteiger charge is 2.28. The molecule has 94 valence electrons. The summed E-state index contributed by atoms with van der Waals surface area (Å²) >= 11 is 0. The third-order valence-corrected chi connectivity index (χ3v) is 3.46. The van der Waals surface area contributed by atoms with Gasteiger partial charge in [-0.2, -0.15) is 5.10 Å². The van der Waals surface area contributed by atoms with Crippen molar-refractivity contribution in [3.05, 3.63) is 30.2 Å². The molecular weight excluding hydrogens is 232 g/mol. The molecule has 18 heavy (non-hydrogen) atoms. The SMILES string of the molecule is O=C(O)C1CCNC(c2cccn3ncnc23)C1. The van der Waals surface area contributed by atoms with Crippen LogP contribution in [0.3, 0.4) is 0 Å². The molecule has 0 aromatic carbocycles. The molecule has 0 spiro atoms. The first-order chi connectivity index (χ1) is 8.75. The summed E-state index contributed by atoms with van der Waals surface area (Å²) in [5.74, 6) is -0.991. The number of aromatic nitrogens is 3. The smallest absolute Gasteiger partial charge is 0.306 e. The van der Waals surface area contributed by atoms with Crippen LogP contribution in [0.15, 0.2) is 24.7 Å². The molecule has 2 N–H and O–H groups in total. The van der Waals surface area contributed by atoms with E-state index in [1.165, 1.54) is 6.33 Å². The van der Waals surface area contributed by atoms with Gasteiger partial charge in [-0.1, -0.05) is 6.07 Å². The summed E-state index contributed by atoms with van der Waals surface area (Å²) in [5, 5.41) is 16.6.